The van der Waals surface area contributed by atoms with Crippen LogP contribution in [0.15, 0.2) is 42.5 Å². The Kier molecular flexibility index (Phi) is 4.72. The Morgan fingerprint density at radius 1 is 0.750 bits per heavy atom. The fourth-order valence-corrected chi connectivity index (χ4v) is 1.87. The first kappa shape index (κ1) is 17.6. The predicted octanol–water partition coefficient (Wildman–Crippen LogP) is 4.96. The van der Waals surface area contributed by atoms with E-state index in [1.54, 1.807) is 0 Å². The molecule has 0 saturated carbocycles. The summed E-state index contributed by atoms with van der Waals surface area (Å²) in [4.78, 5) is 10.8. The fraction of sp³-hybridized carbons (Fsp3) is 0.133. The van der Waals surface area contributed by atoms with Gasteiger partial charge in [0, 0.05) is 0 Å². The molecule has 0 heterocycles. The van der Waals surface area contributed by atoms with Crippen LogP contribution >= 0.6 is 0 Å². The van der Waals surface area contributed by atoms with E-state index < -0.39 is 24.2 Å². The smallest absolute Gasteiger partial charge is 0.406 e. The Morgan fingerprint density at radius 3 is 1.79 bits per heavy atom. The molecule has 0 bridgehead atoms. The minimum atomic E-state index is -4.99. The maximum absolute atomic E-state index is 12.3. The van der Waals surface area contributed by atoms with Gasteiger partial charge in [0.05, 0.1) is 5.56 Å². The second kappa shape index (κ2) is 6.42. The number of rotatable bonds is 4. The van der Waals surface area contributed by atoms with Crippen molar-refractivity contribution in [3.63, 3.8) is 0 Å². The largest absolute Gasteiger partial charge is 0.573 e. The van der Waals surface area contributed by atoms with E-state index in [0.29, 0.717) is 5.56 Å². The first-order valence-corrected chi connectivity index (χ1v) is 6.28. The number of benzene rings is 2. The van der Waals surface area contributed by atoms with Gasteiger partial charge in [-0.05, 0) is 35.4 Å². The molecule has 2 aromatic carbocycles. The summed E-state index contributed by atoms with van der Waals surface area (Å²) in [5.74, 6) is -1.17. The standard InChI is InChI=1S/C15H8F6O3/c16-14(17,18)23-12-5-3-9(4-6-12)10-1-2-11(8-22)13(7-10)24-15(19,20)21/h1-8H. The van der Waals surface area contributed by atoms with Crippen LogP contribution < -0.4 is 9.47 Å². The molecule has 0 saturated heterocycles. The third-order valence-electron chi connectivity index (χ3n) is 2.79. The van der Waals surface area contributed by atoms with Crippen LogP contribution in [-0.4, -0.2) is 19.0 Å². The first-order valence-electron chi connectivity index (χ1n) is 6.28. The van der Waals surface area contributed by atoms with Crippen LogP contribution in [0.5, 0.6) is 11.5 Å². The van der Waals surface area contributed by atoms with Crippen LogP contribution in [0.2, 0.25) is 0 Å². The zero-order valence-corrected chi connectivity index (χ0v) is 11.6. The Morgan fingerprint density at radius 2 is 1.29 bits per heavy atom. The summed E-state index contributed by atoms with van der Waals surface area (Å²) < 4.78 is 80.7. The topological polar surface area (TPSA) is 35.5 Å². The van der Waals surface area contributed by atoms with Gasteiger partial charge in [-0.1, -0.05) is 18.2 Å². The van der Waals surface area contributed by atoms with Gasteiger partial charge < -0.3 is 9.47 Å². The van der Waals surface area contributed by atoms with Crippen LogP contribution in [0, 0.1) is 0 Å². The van der Waals surface area contributed by atoms with E-state index in [2.05, 4.69) is 9.47 Å². The summed E-state index contributed by atoms with van der Waals surface area (Å²) in [7, 11) is 0. The van der Waals surface area contributed by atoms with Crippen molar-refractivity contribution in [1.29, 1.82) is 0 Å². The van der Waals surface area contributed by atoms with Gasteiger partial charge in [0.25, 0.3) is 0 Å². The quantitative estimate of drug-likeness (QED) is 0.577. The lowest BCUT2D eigenvalue weighted by atomic mass is 10.0. The highest BCUT2D eigenvalue weighted by Gasteiger charge is 2.32. The van der Waals surface area contributed by atoms with Crippen molar-refractivity contribution in [3.8, 4) is 22.6 Å². The minimum absolute atomic E-state index is 0.200. The van der Waals surface area contributed by atoms with Gasteiger partial charge in [-0.25, -0.2) is 0 Å². The number of aldehydes is 1. The maximum Gasteiger partial charge on any atom is 0.573 e. The van der Waals surface area contributed by atoms with Gasteiger partial charge in [-0.3, -0.25) is 4.79 Å². The average molecular weight is 350 g/mol. The molecule has 2 aromatic rings. The summed E-state index contributed by atoms with van der Waals surface area (Å²) in [5.41, 5.74) is 0.223. The van der Waals surface area contributed by atoms with Gasteiger partial charge in [-0.2, -0.15) is 0 Å². The summed E-state index contributed by atoms with van der Waals surface area (Å²) in [6.07, 6.45) is -9.63. The molecule has 0 spiro atoms. The molecule has 0 aliphatic heterocycles. The van der Waals surface area contributed by atoms with E-state index in [1.165, 1.54) is 18.2 Å². The van der Waals surface area contributed by atoms with Crippen LogP contribution in [0.1, 0.15) is 10.4 Å². The molecule has 0 aromatic heterocycles. The normalized spacial score (nSPS) is 11.9. The fourth-order valence-electron chi connectivity index (χ4n) is 1.87. The highest BCUT2D eigenvalue weighted by molar-refractivity contribution is 5.82. The first-order chi connectivity index (χ1) is 11.1. The van der Waals surface area contributed by atoms with Crippen molar-refractivity contribution in [2.75, 3.05) is 0 Å². The van der Waals surface area contributed by atoms with Crippen molar-refractivity contribution >= 4 is 6.29 Å². The van der Waals surface area contributed by atoms with Crippen LogP contribution in [-0.2, 0) is 0 Å². The molecule has 0 fully saturated rings. The van der Waals surface area contributed by atoms with Crippen molar-refractivity contribution in [3.05, 3.63) is 48.0 Å². The SMILES string of the molecule is O=Cc1ccc(-c2ccc(OC(F)(F)F)cc2)cc1OC(F)(F)F. The molecule has 0 unspecified atom stereocenters. The summed E-state index contributed by atoms with van der Waals surface area (Å²) >= 11 is 0. The highest BCUT2D eigenvalue weighted by atomic mass is 19.4. The Hall–Kier alpha value is -2.71. The van der Waals surface area contributed by atoms with Crippen LogP contribution in [0.3, 0.4) is 0 Å². The molecular weight excluding hydrogens is 342 g/mol. The van der Waals surface area contributed by atoms with Gasteiger partial charge >= 0.3 is 12.7 Å². The molecule has 0 aliphatic carbocycles. The second-order valence-corrected chi connectivity index (χ2v) is 4.49. The highest BCUT2D eigenvalue weighted by Crippen LogP contribution is 2.32. The van der Waals surface area contributed by atoms with Gasteiger partial charge in [-0.15, -0.1) is 26.3 Å². The number of hydrogen-bond donors (Lipinski definition) is 0. The third-order valence-corrected chi connectivity index (χ3v) is 2.79. The second-order valence-electron chi connectivity index (χ2n) is 4.49. The average Bonchev–Trinajstić information content (AvgIpc) is 2.44. The van der Waals surface area contributed by atoms with E-state index in [4.69, 9.17) is 0 Å². The number of carbonyl (C=O) groups excluding carboxylic acids is 1. The molecule has 0 aliphatic rings. The van der Waals surface area contributed by atoms with E-state index in [1.807, 2.05) is 0 Å². The molecule has 0 N–H and O–H groups in total. The maximum atomic E-state index is 12.3. The molecular formula is C15H8F6O3. The molecule has 128 valence electrons. The number of ether oxygens (including phenoxy) is 2. The summed E-state index contributed by atoms with van der Waals surface area (Å²) in [6.45, 7) is 0. The lowest BCUT2D eigenvalue weighted by molar-refractivity contribution is -0.275. The van der Waals surface area contributed by atoms with Gasteiger partial charge in [0.2, 0.25) is 0 Å². The molecule has 24 heavy (non-hydrogen) atoms. The number of carbonyl (C=O) groups is 1. The summed E-state index contributed by atoms with van der Waals surface area (Å²) in [6, 6.07) is 7.91. The van der Waals surface area contributed by atoms with Gasteiger partial charge in [0.15, 0.2) is 6.29 Å². The van der Waals surface area contributed by atoms with Crippen molar-refractivity contribution in [2.45, 2.75) is 12.7 Å². The number of halogens is 6. The van der Waals surface area contributed by atoms with E-state index in [-0.39, 0.29) is 17.4 Å². The van der Waals surface area contributed by atoms with Crippen molar-refractivity contribution in [2.24, 2.45) is 0 Å². The van der Waals surface area contributed by atoms with Gasteiger partial charge in [0.1, 0.15) is 11.5 Å². The zero-order valence-electron chi connectivity index (χ0n) is 11.6. The molecule has 0 atom stereocenters. The molecule has 0 amide bonds. The molecule has 3 nitrogen and oxygen atoms in total. The lowest BCUT2D eigenvalue weighted by Crippen LogP contribution is -2.18. The minimum Gasteiger partial charge on any atom is -0.406 e. The zero-order chi connectivity index (χ0) is 18.0. The molecule has 0 radical (unpaired) electrons. The molecule has 2 rings (SSSR count). The molecule has 9 heteroatoms. The van der Waals surface area contributed by atoms with Crippen LogP contribution in [0.4, 0.5) is 26.3 Å². The van der Waals surface area contributed by atoms with E-state index in [0.717, 1.165) is 24.3 Å². The summed E-state index contributed by atoms with van der Waals surface area (Å²) in [5, 5.41) is 0. The van der Waals surface area contributed by atoms with E-state index >= 15 is 0 Å². The van der Waals surface area contributed by atoms with E-state index in [9.17, 15) is 31.1 Å². The van der Waals surface area contributed by atoms with Crippen molar-refractivity contribution in [1.82, 2.24) is 0 Å². The Labute approximate surface area is 131 Å². The Balaban J connectivity index is 2.32. The lowest BCUT2D eigenvalue weighted by Gasteiger charge is -2.13. The van der Waals surface area contributed by atoms with Crippen molar-refractivity contribution < 1.29 is 40.6 Å². The Bertz CT molecular complexity index is 719. The predicted molar refractivity (Wildman–Crippen MR) is 70.6 cm³/mol. The number of hydrogen-bond acceptors (Lipinski definition) is 3. The van der Waals surface area contributed by atoms with Crippen LogP contribution in [0.25, 0.3) is 11.1 Å². The monoisotopic (exact) mass is 350 g/mol. The third kappa shape index (κ3) is 4.90. The number of alkyl halides is 6.